The van der Waals surface area contributed by atoms with Gasteiger partial charge in [-0.05, 0) is 12.1 Å². The molecule has 26 heavy (non-hydrogen) atoms. The highest BCUT2D eigenvalue weighted by Gasteiger charge is 2.07. The fourth-order valence-corrected chi connectivity index (χ4v) is 2.27. The molecule has 0 saturated carbocycles. The molecule has 0 aromatic carbocycles. The highest BCUT2D eigenvalue weighted by Crippen LogP contribution is 2.08. The van der Waals surface area contributed by atoms with E-state index in [4.69, 9.17) is 4.74 Å². The minimum absolute atomic E-state index is 0.637. The first-order valence-electron chi connectivity index (χ1n) is 7.80. The number of nitrogens with zero attached hydrogens (tertiary/aromatic N) is 9. The molecule has 1 aliphatic heterocycles. The molecule has 5 aromatic heterocycles. The minimum Gasteiger partial charge on any atom is -0.354 e. The van der Waals surface area contributed by atoms with E-state index in [1.807, 2.05) is 39.7 Å². The molecule has 0 fully saturated rings. The summed E-state index contributed by atoms with van der Waals surface area (Å²) in [4.78, 5) is 15.8. The van der Waals surface area contributed by atoms with E-state index in [2.05, 4.69) is 30.1 Å². The summed E-state index contributed by atoms with van der Waals surface area (Å²) >= 11 is 0. The molecule has 0 N–H and O–H groups in total. The van der Waals surface area contributed by atoms with E-state index in [-0.39, 0.29) is 0 Å². The van der Waals surface area contributed by atoms with Gasteiger partial charge in [-0.1, -0.05) is 0 Å². The summed E-state index contributed by atoms with van der Waals surface area (Å²) < 4.78 is 10.7. The molecular formula is C16H15N9O. The van der Waals surface area contributed by atoms with Crippen molar-refractivity contribution in [3.8, 4) is 0 Å². The molecule has 10 nitrogen and oxygen atoms in total. The van der Waals surface area contributed by atoms with Gasteiger partial charge in [-0.15, -0.1) is 10.2 Å². The van der Waals surface area contributed by atoms with Gasteiger partial charge >= 0.3 is 0 Å². The van der Waals surface area contributed by atoms with E-state index in [1.165, 1.54) is 5.69 Å². The lowest BCUT2D eigenvalue weighted by Gasteiger charge is -1.86. The predicted octanol–water partition coefficient (Wildman–Crippen LogP) is 1.22. The van der Waals surface area contributed by atoms with E-state index in [9.17, 15) is 0 Å². The molecule has 0 spiro atoms. The van der Waals surface area contributed by atoms with Gasteiger partial charge in [-0.3, -0.25) is 8.80 Å². The maximum atomic E-state index is 5.08. The van der Waals surface area contributed by atoms with Crippen molar-refractivity contribution in [2.45, 2.75) is 13.3 Å². The Morgan fingerprint density at radius 2 is 1.73 bits per heavy atom. The van der Waals surface area contributed by atoms with E-state index < -0.39 is 0 Å². The molecule has 0 amide bonds. The molecule has 10 heteroatoms. The second-order valence-electron chi connectivity index (χ2n) is 5.27. The Labute approximate surface area is 147 Å². The van der Waals surface area contributed by atoms with Crippen LogP contribution >= 0.6 is 0 Å². The topological polar surface area (TPSA) is 100 Å². The van der Waals surface area contributed by atoms with Gasteiger partial charge in [0.25, 0.3) is 5.78 Å². The van der Waals surface area contributed by atoms with Crippen LogP contribution in [-0.2, 0) is 18.1 Å². The van der Waals surface area contributed by atoms with Crippen molar-refractivity contribution >= 4 is 11.4 Å². The lowest BCUT2D eigenvalue weighted by molar-refractivity contribution is 0.108. The van der Waals surface area contributed by atoms with E-state index >= 15 is 0 Å². The van der Waals surface area contributed by atoms with Gasteiger partial charge < -0.3 is 9.30 Å². The van der Waals surface area contributed by atoms with Crippen LogP contribution in [0.4, 0.5) is 0 Å². The number of rotatable bonds is 0. The quantitative estimate of drug-likeness (QED) is 0.414. The maximum Gasteiger partial charge on any atom is 0.254 e. The van der Waals surface area contributed by atoms with Crippen LogP contribution in [0.15, 0.2) is 68.3 Å². The third kappa shape index (κ3) is 3.54. The number of aromatic nitrogens is 9. The number of hydrogen-bond donors (Lipinski definition) is 0. The average Bonchev–Trinajstić information content (AvgIpc) is 3.46. The average molecular weight is 349 g/mol. The fourth-order valence-electron chi connectivity index (χ4n) is 2.27. The van der Waals surface area contributed by atoms with Crippen LogP contribution in [-0.4, -0.2) is 43.5 Å². The largest absolute Gasteiger partial charge is 0.354 e. The summed E-state index contributed by atoms with van der Waals surface area (Å²) in [6, 6.07) is 3.70. The number of fused-ring (bicyclic) bond motifs is 3. The molecule has 130 valence electrons. The molecule has 1 aliphatic rings. The third-order valence-electron chi connectivity index (χ3n) is 3.54. The number of ether oxygens (including phenoxy) is 1. The van der Waals surface area contributed by atoms with Gasteiger partial charge in [0, 0.05) is 24.8 Å². The summed E-state index contributed by atoms with van der Waals surface area (Å²) in [6.45, 7) is 1.40. The normalized spacial score (nSPS) is 12.2. The molecule has 5 aromatic rings. The molecule has 0 bridgehead atoms. The summed E-state index contributed by atoms with van der Waals surface area (Å²) in [7, 11) is 0. The maximum absolute atomic E-state index is 5.08. The van der Waals surface area contributed by atoms with E-state index in [0.717, 1.165) is 12.3 Å². The smallest absolute Gasteiger partial charge is 0.254 e. The Morgan fingerprint density at radius 3 is 2.58 bits per heavy atom. The van der Waals surface area contributed by atoms with Crippen molar-refractivity contribution in [3.05, 3.63) is 74.0 Å². The van der Waals surface area contributed by atoms with Crippen molar-refractivity contribution in [1.29, 1.82) is 0 Å². The first-order valence-corrected chi connectivity index (χ1v) is 7.80. The monoisotopic (exact) mass is 349 g/mol. The van der Waals surface area contributed by atoms with E-state index in [0.29, 0.717) is 12.5 Å². The van der Waals surface area contributed by atoms with Crippen molar-refractivity contribution < 1.29 is 4.74 Å². The second-order valence-corrected chi connectivity index (χ2v) is 5.27. The third-order valence-corrected chi connectivity index (χ3v) is 3.54. The van der Waals surface area contributed by atoms with Crippen molar-refractivity contribution in [2.75, 3.05) is 0 Å². The standard InChI is InChI=1S/C6H5N3.C5H4N4.C5H6N2O/c1-2-8-6-4-7-5-9(6)3-1;1-2-6-5-8-7-4-9(5)3-1;1-5-2-8-4-7(5)3-6-1/h1-5H;1-4H;1,3H,2,4H2. The molecular weight excluding hydrogens is 334 g/mol. The Bertz CT molecular complexity index is 952. The summed E-state index contributed by atoms with van der Waals surface area (Å²) in [5.41, 5.74) is 2.06. The van der Waals surface area contributed by atoms with Crippen LogP contribution < -0.4 is 0 Å². The highest BCUT2D eigenvalue weighted by atomic mass is 16.5. The Morgan fingerprint density at radius 1 is 0.885 bits per heavy atom. The van der Waals surface area contributed by atoms with Crippen LogP contribution in [0.2, 0.25) is 0 Å². The number of imidazole rings is 2. The lowest BCUT2D eigenvalue weighted by Crippen LogP contribution is -1.87. The zero-order valence-electron chi connectivity index (χ0n) is 13.7. The van der Waals surface area contributed by atoms with Gasteiger partial charge in [-0.25, -0.2) is 19.9 Å². The summed E-state index contributed by atoms with van der Waals surface area (Å²) in [6.07, 6.45) is 15.9. The molecule has 0 radical (unpaired) electrons. The van der Waals surface area contributed by atoms with Crippen LogP contribution in [0.3, 0.4) is 0 Å². The molecule has 6 heterocycles. The van der Waals surface area contributed by atoms with Crippen LogP contribution in [0.5, 0.6) is 0 Å². The van der Waals surface area contributed by atoms with E-state index in [1.54, 1.807) is 42.0 Å². The summed E-state index contributed by atoms with van der Waals surface area (Å²) in [5, 5.41) is 7.37. The zero-order valence-corrected chi connectivity index (χ0v) is 13.7. The Hall–Kier alpha value is -3.66. The van der Waals surface area contributed by atoms with Crippen molar-refractivity contribution in [3.63, 3.8) is 0 Å². The molecule has 6 rings (SSSR count). The number of hydrogen-bond acceptors (Lipinski definition) is 7. The lowest BCUT2D eigenvalue weighted by atomic mass is 10.5. The minimum atomic E-state index is 0.637. The fraction of sp³-hybridized carbons (Fsp3) is 0.125. The molecule has 0 atom stereocenters. The van der Waals surface area contributed by atoms with Crippen LogP contribution in [0.1, 0.15) is 5.69 Å². The van der Waals surface area contributed by atoms with Crippen molar-refractivity contribution in [2.24, 2.45) is 0 Å². The first-order chi connectivity index (χ1) is 12.9. The van der Waals surface area contributed by atoms with Gasteiger partial charge in [0.15, 0.2) is 5.65 Å². The molecule has 0 saturated heterocycles. The van der Waals surface area contributed by atoms with Gasteiger partial charge in [-0.2, -0.15) is 0 Å². The molecule has 0 aliphatic carbocycles. The second kappa shape index (κ2) is 7.49. The zero-order chi connectivity index (χ0) is 17.6. The SMILES string of the molecule is c1cnc2cncn2c1.c1cnc2nncn2c1.c1ncn2c1COC2. The highest BCUT2D eigenvalue weighted by molar-refractivity contribution is 5.33. The van der Waals surface area contributed by atoms with Gasteiger partial charge in [0.1, 0.15) is 19.4 Å². The van der Waals surface area contributed by atoms with Gasteiger partial charge in [0.05, 0.1) is 31.0 Å². The molecule has 0 unspecified atom stereocenters. The Balaban J connectivity index is 0.0000000972. The van der Waals surface area contributed by atoms with Gasteiger partial charge in [0.2, 0.25) is 0 Å². The van der Waals surface area contributed by atoms with Crippen LogP contribution in [0.25, 0.3) is 11.4 Å². The summed E-state index contributed by atoms with van der Waals surface area (Å²) in [5.74, 6) is 0.637. The first kappa shape index (κ1) is 15.8. The Kier molecular flexibility index (Phi) is 4.56. The van der Waals surface area contributed by atoms with Crippen LogP contribution in [0, 0.1) is 0 Å². The van der Waals surface area contributed by atoms with Crippen molar-refractivity contribution in [1.82, 2.24) is 43.5 Å². The predicted molar refractivity (Wildman–Crippen MR) is 90.8 cm³/mol.